The Balaban J connectivity index is 2.54. The van der Waals surface area contributed by atoms with Crippen LogP contribution < -0.4 is 5.32 Å². The normalized spacial score (nSPS) is 10.1. The largest absolute Gasteiger partial charge is 0.385 e. The van der Waals surface area contributed by atoms with Gasteiger partial charge in [-0.2, -0.15) is 5.10 Å². The van der Waals surface area contributed by atoms with E-state index in [1.165, 1.54) is 0 Å². The molecule has 72 valence electrons. The molecule has 4 heteroatoms. The van der Waals surface area contributed by atoms with E-state index in [0.29, 0.717) is 5.02 Å². The van der Waals surface area contributed by atoms with Gasteiger partial charge in [-0.15, -0.1) is 0 Å². The third kappa shape index (κ3) is 1.46. The maximum atomic E-state index is 6.07. The SMILES string of the molecule is CNc1cn[nH]c1-c1ccccc1Cl. The van der Waals surface area contributed by atoms with Crippen molar-refractivity contribution in [2.24, 2.45) is 0 Å². The van der Waals surface area contributed by atoms with E-state index in [0.717, 1.165) is 16.9 Å². The van der Waals surface area contributed by atoms with Gasteiger partial charge in [-0.1, -0.05) is 29.8 Å². The number of hydrogen-bond acceptors (Lipinski definition) is 2. The van der Waals surface area contributed by atoms with E-state index >= 15 is 0 Å². The summed E-state index contributed by atoms with van der Waals surface area (Å²) in [4.78, 5) is 0. The number of H-pyrrole nitrogens is 1. The van der Waals surface area contributed by atoms with Crippen LogP contribution in [0.4, 0.5) is 5.69 Å². The van der Waals surface area contributed by atoms with Crippen LogP contribution in [0.2, 0.25) is 5.02 Å². The molecule has 0 saturated carbocycles. The third-order valence-corrected chi connectivity index (χ3v) is 2.38. The third-order valence-electron chi connectivity index (χ3n) is 2.05. The van der Waals surface area contributed by atoms with Crippen LogP contribution in [-0.4, -0.2) is 17.2 Å². The van der Waals surface area contributed by atoms with Crippen LogP contribution in [0.25, 0.3) is 11.3 Å². The Bertz CT molecular complexity index is 436. The number of nitrogens with one attached hydrogen (secondary N) is 2. The summed E-state index contributed by atoms with van der Waals surface area (Å²) in [5, 5.41) is 10.6. The number of rotatable bonds is 2. The lowest BCUT2D eigenvalue weighted by Crippen LogP contribution is -1.89. The Morgan fingerprint density at radius 2 is 2.14 bits per heavy atom. The van der Waals surface area contributed by atoms with Gasteiger partial charge in [0, 0.05) is 12.6 Å². The molecule has 0 aliphatic heterocycles. The van der Waals surface area contributed by atoms with Gasteiger partial charge in [-0.25, -0.2) is 0 Å². The Labute approximate surface area is 87.1 Å². The molecule has 1 heterocycles. The maximum Gasteiger partial charge on any atom is 0.0896 e. The molecule has 14 heavy (non-hydrogen) atoms. The molecule has 2 N–H and O–H groups in total. The van der Waals surface area contributed by atoms with Crippen molar-refractivity contribution in [2.75, 3.05) is 12.4 Å². The number of benzene rings is 1. The van der Waals surface area contributed by atoms with Crippen LogP contribution in [0.15, 0.2) is 30.5 Å². The molecule has 0 amide bonds. The van der Waals surface area contributed by atoms with Crippen molar-refractivity contribution in [3.8, 4) is 11.3 Å². The summed E-state index contributed by atoms with van der Waals surface area (Å²) >= 11 is 6.07. The highest BCUT2D eigenvalue weighted by molar-refractivity contribution is 6.33. The molecule has 0 atom stereocenters. The Kier molecular flexibility index (Phi) is 2.41. The lowest BCUT2D eigenvalue weighted by atomic mass is 10.1. The number of halogens is 1. The molecule has 0 aliphatic rings. The molecule has 2 aromatic rings. The zero-order chi connectivity index (χ0) is 9.97. The topological polar surface area (TPSA) is 40.7 Å². The van der Waals surface area contributed by atoms with Crippen LogP contribution >= 0.6 is 11.6 Å². The number of hydrogen-bond donors (Lipinski definition) is 2. The molecule has 0 aliphatic carbocycles. The fraction of sp³-hybridized carbons (Fsp3) is 0.100. The molecule has 0 fully saturated rings. The first-order chi connectivity index (χ1) is 6.83. The van der Waals surface area contributed by atoms with Gasteiger partial charge in [0.2, 0.25) is 0 Å². The first-order valence-corrected chi connectivity index (χ1v) is 4.66. The maximum absolute atomic E-state index is 6.07. The molecular weight excluding hydrogens is 198 g/mol. The van der Waals surface area contributed by atoms with Crippen molar-refractivity contribution in [3.05, 3.63) is 35.5 Å². The van der Waals surface area contributed by atoms with E-state index in [1.807, 2.05) is 31.3 Å². The highest BCUT2D eigenvalue weighted by Crippen LogP contribution is 2.30. The van der Waals surface area contributed by atoms with Gasteiger partial charge in [-0.3, -0.25) is 5.10 Å². The van der Waals surface area contributed by atoms with Gasteiger partial charge in [0.05, 0.1) is 22.6 Å². The average Bonchev–Trinajstić information content (AvgIpc) is 2.66. The molecule has 1 aromatic carbocycles. The van der Waals surface area contributed by atoms with E-state index in [2.05, 4.69) is 15.5 Å². The summed E-state index contributed by atoms with van der Waals surface area (Å²) in [5.74, 6) is 0. The predicted molar refractivity (Wildman–Crippen MR) is 58.6 cm³/mol. The van der Waals surface area contributed by atoms with Crippen molar-refractivity contribution in [1.29, 1.82) is 0 Å². The molecule has 0 spiro atoms. The monoisotopic (exact) mass is 207 g/mol. The first-order valence-electron chi connectivity index (χ1n) is 4.29. The molecule has 0 unspecified atom stereocenters. The standard InChI is InChI=1S/C10H10ClN3/c1-12-9-6-13-14-10(9)7-4-2-3-5-8(7)11/h2-6,12H,1H3,(H,13,14). The lowest BCUT2D eigenvalue weighted by Gasteiger charge is -2.03. The minimum Gasteiger partial charge on any atom is -0.385 e. The van der Waals surface area contributed by atoms with Gasteiger partial charge in [0.15, 0.2) is 0 Å². The number of aromatic amines is 1. The van der Waals surface area contributed by atoms with E-state index in [-0.39, 0.29) is 0 Å². The fourth-order valence-corrected chi connectivity index (χ4v) is 1.58. The Morgan fingerprint density at radius 3 is 2.86 bits per heavy atom. The van der Waals surface area contributed by atoms with Crippen LogP contribution in [0.5, 0.6) is 0 Å². The van der Waals surface area contributed by atoms with Crippen LogP contribution in [0.1, 0.15) is 0 Å². The average molecular weight is 208 g/mol. The highest BCUT2D eigenvalue weighted by atomic mass is 35.5. The van der Waals surface area contributed by atoms with Crippen molar-refractivity contribution in [1.82, 2.24) is 10.2 Å². The van der Waals surface area contributed by atoms with Gasteiger partial charge >= 0.3 is 0 Å². The zero-order valence-corrected chi connectivity index (χ0v) is 8.47. The van der Waals surface area contributed by atoms with E-state index in [4.69, 9.17) is 11.6 Å². The molecule has 3 nitrogen and oxygen atoms in total. The second kappa shape index (κ2) is 3.72. The second-order valence-corrected chi connectivity index (χ2v) is 3.30. The van der Waals surface area contributed by atoms with E-state index in [9.17, 15) is 0 Å². The van der Waals surface area contributed by atoms with E-state index < -0.39 is 0 Å². The lowest BCUT2D eigenvalue weighted by molar-refractivity contribution is 1.10. The van der Waals surface area contributed by atoms with Crippen molar-refractivity contribution in [2.45, 2.75) is 0 Å². The van der Waals surface area contributed by atoms with Gasteiger partial charge in [0.25, 0.3) is 0 Å². The number of nitrogens with zero attached hydrogens (tertiary/aromatic N) is 1. The van der Waals surface area contributed by atoms with Crippen LogP contribution in [0.3, 0.4) is 0 Å². The summed E-state index contributed by atoms with van der Waals surface area (Å²) in [6.45, 7) is 0. The molecular formula is C10H10ClN3. The van der Waals surface area contributed by atoms with Crippen molar-refractivity contribution in [3.63, 3.8) is 0 Å². The van der Waals surface area contributed by atoms with Gasteiger partial charge in [0.1, 0.15) is 0 Å². The van der Waals surface area contributed by atoms with Crippen molar-refractivity contribution < 1.29 is 0 Å². The Hall–Kier alpha value is -1.48. The molecule has 2 rings (SSSR count). The summed E-state index contributed by atoms with van der Waals surface area (Å²) < 4.78 is 0. The van der Waals surface area contributed by atoms with Crippen molar-refractivity contribution >= 4 is 17.3 Å². The number of aromatic nitrogens is 2. The molecule has 0 bridgehead atoms. The van der Waals surface area contributed by atoms with Crippen LogP contribution in [0, 0.1) is 0 Å². The minimum absolute atomic E-state index is 0.716. The highest BCUT2D eigenvalue weighted by Gasteiger charge is 2.08. The summed E-state index contributed by atoms with van der Waals surface area (Å²) in [5.41, 5.74) is 2.81. The fourth-order valence-electron chi connectivity index (χ4n) is 1.34. The smallest absolute Gasteiger partial charge is 0.0896 e. The molecule has 0 radical (unpaired) electrons. The zero-order valence-electron chi connectivity index (χ0n) is 7.71. The molecule has 1 aromatic heterocycles. The summed E-state index contributed by atoms with van der Waals surface area (Å²) in [7, 11) is 1.85. The number of anilines is 1. The first kappa shape index (κ1) is 9.09. The molecule has 0 saturated heterocycles. The van der Waals surface area contributed by atoms with E-state index in [1.54, 1.807) is 6.20 Å². The minimum atomic E-state index is 0.716. The van der Waals surface area contributed by atoms with Gasteiger partial charge < -0.3 is 5.32 Å². The Morgan fingerprint density at radius 1 is 1.36 bits per heavy atom. The van der Waals surface area contributed by atoms with Crippen LogP contribution in [-0.2, 0) is 0 Å². The second-order valence-electron chi connectivity index (χ2n) is 2.89. The van der Waals surface area contributed by atoms with Gasteiger partial charge in [-0.05, 0) is 6.07 Å². The summed E-state index contributed by atoms with van der Waals surface area (Å²) in [6, 6.07) is 7.66. The summed E-state index contributed by atoms with van der Waals surface area (Å²) in [6.07, 6.45) is 1.73. The quantitative estimate of drug-likeness (QED) is 0.795. The predicted octanol–water partition coefficient (Wildman–Crippen LogP) is 2.77.